The summed E-state index contributed by atoms with van der Waals surface area (Å²) >= 11 is 0. The number of hydrogen-bond donors (Lipinski definition) is 2. The summed E-state index contributed by atoms with van der Waals surface area (Å²) in [5.74, 6) is 0.0835. The molecular weight excluding hydrogens is 264 g/mol. The molecule has 2 N–H and O–H groups in total. The topological polar surface area (TPSA) is 85.2 Å². The molecule has 1 atom stereocenters. The van der Waals surface area contributed by atoms with Crippen molar-refractivity contribution in [2.45, 2.75) is 18.9 Å². The number of fused-ring (bicyclic) bond motifs is 1. The Bertz CT molecular complexity index is 459. The lowest BCUT2D eigenvalue weighted by Gasteiger charge is -2.16. The van der Waals surface area contributed by atoms with E-state index in [2.05, 4.69) is 0 Å². The van der Waals surface area contributed by atoms with Crippen LogP contribution in [0.2, 0.25) is 0 Å². The second-order valence-electron chi connectivity index (χ2n) is 4.42. The van der Waals surface area contributed by atoms with Crippen LogP contribution < -0.4 is 9.47 Å². The predicted molar refractivity (Wildman–Crippen MR) is 70.1 cm³/mol. The van der Waals surface area contributed by atoms with Gasteiger partial charge in [-0.15, -0.1) is 0 Å². The Hall–Kier alpha value is -1.79. The maximum absolute atomic E-state index is 11.3. The SMILES string of the molecule is O=C(O)C(OCCCO)c1ccc2c(c1)OCCCO2. The molecule has 0 saturated carbocycles. The summed E-state index contributed by atoms with van der Waals surface area (Å²) in [5, 5.41) is 17.9. The number of benzene rings is 1. The number of carbonyl (C=O) groups is 1. The van der Waals surface area contributed by atoms with Crippen LogP contribution in [0.25, 0.3) is 0 Å². The molecule has 2 rings (SSSR count). The summed E-state index contributed by atoms with van der Waals surface area (Å²) in [6.07, 6.45) is 0.118. The highest BCUT2D eigenvalue weighted by Gasteiger charge is 2.22. The first kappa shape index (κ1) is 14.6. The minimum atomic E-state index is -1.07. The zero-order valence-electron chi connectivity index (χ0n) is 11.1. The van der Waals surface area contributed by atoms with Crippen molar-refractivity contribution in [1.29, 1.82) is 0 Å². The van der Waals surface area contributed by atoms with Gasteiger partial charge in [0.05, 0.1) is 19.8 Å². The predicted octanol–water partition coefficient (Wildman–Crippen LogP) is 1.37. The van der Waals surface area contributed by atoms with Gasteiger partial charge in [0.1, 0.15) is 0 Å². The van der Waals surface area contributed by atoms with E-state index in [4.69, 9.17) is 19.3 Å². The Kier molecular flexibility index (Phi) is 5.20. The molecule has 0 aromatic heterocycles. The van der Waals surface area contributed by atoms with E-state index >= 15 is 0 Å². The first-order valence-corrected chi connectivity index (χ1v) is 6.57. The van der Waals surface area contributed by atoms with Gasteiger partial charge in [-0.2, -0.15) is 0 Å². The Morgan fingerprint density at radius 3 is 2.75 bits per heavy atom. The van der Waals surface area contributed by atoms with E-state index in [9.17, 15) is 9.90 Å². The van der Waals surface area contributed by atoms with Gasteiger partial charge in [0.25, 0.3) is 0 Å². The third-order valence-corrected chi connectivity index (χ3v) is 2.89. The number of rotatable bonds is 6. The molecule has 0 aliphatic carbocycles. The van der Waals surface area contributed by atoms with Crippen molar-refractivity contribution in [3.63, 3.8) is 0 Å². The third-order valence-electron chi connectivity index (χ3n) is 2.89. The largest absolute Gasteiger partial charge is 0.490 e. The summed E-state index contributed by atoms with van der Waals surface area (Å²) in [4.78, 5) is 11.3. The van der Waals surface area contributed by atoms with Gasteiger partial charge in [0, 0.05) is 13.0 Å². The van der Waals surface area contributed by atoms with Crippen molar-refractivity contribution in [2.24, 2.45) is 0 Å². The molecule has 0 fully saturated rings. The molecule has 1 aromatic carbocycles. The molecule has 1 unspecified atom stereocenters. The van der Waals surface area contributed by atoms with E-state index in [0.717, 1.165) is 6.42 Å². The van der Waals surface area contributed by atoms with Gasteiger partial charge >= 0.3 is 5.97 Å². The van der Waals surface area contributed by atoms with Crippen LogP contribution in [0.3, 0.4) is 0 Å². The number of aliphatic carboxylic acids is 1. The lowest BCUT2D eigenvalue weighted by molar-refractivity contribution is -0.151. The molecule has 0 radical (unpaired) electrons. The van der Waals surface area contributed by atoms with Crippen LogP contribution in [0.15, 0.2) is 18.2 Å². The van der Waals surface area contributed by atoms with Crippen LogP contribution in [0.5, 0.6) is 11.5 Å². The molecular formula is C14H18O6. The van der Waals surface area contributed by atoms with E-state index in [0.29, 0.717) is 36.7 Å². The molecule has 0 bridgehead atoms. The Balaban J connectivity index is 2.16. The maximum atomic E-state index is 11.3. The minimum absolute atomic E-state index is 0.0342. The fourth-order valence-electron chi connectivity index (χ4n) is 1.92. The van der Waals surface area contributed by atoms with Gasteiger partial charge < -0.3 is 24.4 Å². The molecule has 1 heterocycles. The number of aliphatic hydroxyl groups is 1. The van der Waals surface area contributed by atoms with Crippen molar-refractivity contribution in [2.75, 3.05) is 26.4 Å². The van der Waals surface area contributed by atoms with E-state index in [1.807, 2.05) is 0 Å². The zero-order valence-corrected chi connectivity index (χ0v) is 11.1. The number of carboxylic acids is 1. The second-order valence-corrected chi connectivity index (χ2v) is 4.42. The van der Waals surface area contributed by atoms with Crippen LogP contribution in [-0.2, 0) is 9.53 Å². The van der Waals surface area contributed by atoms with Gasteiger partial charge in [-0.1, -0.05) is 6.07 Å². The van der Waals surface area contributed by atoms with Crippen LogP contribution in [0.4, 0.5) is 0 Å². The van der Waals surface area contributed by atoms with Crippen LogP contribution >= 0.6 is 0 Å². The van der Waals surface area contributed by atoms with Crippen LogP contribution in [0.1, 0.15) is 24.5 Å². The maximum Gasteiger partial charge on any atom is 0.337 e. The van der Waals surface area contributed by atoms with Crippen molar-refractivity contribution < 1.29 is 29.2 Å². The second kappa shape index (κ2) is 7.12. The van der Waals surface area contributed by atoms with Gasteiger partial charge in [-0.3, -0.25) is 0 Å². The fraction of sp³-hybridized carbons (Fsp3) is 0.500. The van der Waals surface area contributed by atoms with E-state index in [-0.39, 0.29) is 13.2 Å². The molecule has 1 aliphatic heterocycles. The summed E-state index contributed by atoms with van der Waals surface area (Å²) in [7, 11) is 0. The van der Waals surface area contributed by atoms with E-state index in [1.165, 1.54) is 0 Å². The lowest BCUT2D eigenvalue weighted by atomic mass is 10.1. The van der Waals surface area contributed by atoms with Gasteiger partial charge in [0.2, 0.25) is 0 Å². The monoisotopic (exact) mass is 282 g/mol. The van der Waals surface area contributed by atoms with Gasteiger partial charge in [-0.25, -0.2) is 4.79 Å². The zero-order chi connectivity index (χ0) is 14.4. The summed E-state index contributed by atoms with van der Waals surface area (Å²) in [5.41, 5.74) is 0.500. The Morgan fingerprint density at radius 2 is 2.05 bits per heavy atom. The summed E-state index contributed by atoms with van der Waals surface area (Å²) < 4.78 is 16.3. The van der Waals surface area contributed by atoms with Gasteiger partial charge in [-0.05, 0) is 24.1 Å². The van der Waals surface area contributed by atoms with Gasteiger partial charge in [0.15, 0.2) is 17.6 Å². The number of carboxylic acid groups (broad SMARTS) is 1. The van der Waals surface area contributed by atoms with Crippen LogP contribution in [0, 0.1) is 0 Å². The molecule has 0 spiro atoms. The molecule has 0 amide bonds. The smallest absolute Gasteiger partial charge is 0.337 e. The molecule has 1 aromatic rings. The Labute approximate surface area is 116 Å². The highest BCUT2D eigenvalue weighted by Crippen LogP contribution is 2.33. The number of hydrogen-bond acceptors (Lipinski definition) is 5. The van der Waals surface area contributed by atoms with Crippen molar-refractivity contribution in [3.05, 3.63) is 23.8 Å². The summed E-state index contributed by atoms with van der Waals surface area (Å²) in [6, 6.07) is 4.99. The molecule has 20 heavy (non-hydrogen) atoms. The quantitative estimate of drug-likeness (QED) is 0.767. The summed E-state index contributed by atoms with van der Waals surface area (Å²) in [6.45, 7) is 1.27. The Morgan fingerprint density at radius 1 is 1.30 bits per heavy atom. The number of ether oxygens (including phenoxy) is 3. The molecule has 6 nitrogen and oxygen atoms in total. The van der Waals surface area contributed by atoms with E-state index < -0.39 is 12.1 Å². The fourth-order valence-corrected chi connectivity index (χ4v) is 1.92. The highest BCUT2D eigenvalue weighted by molar-refractivity contribution is 5.74. The van der Waals surface area contributed by atoms with Crippen molar-refractivity contribution in [3.8, 4) is 11.5 Å². The van der Waals surface area contributed by atoms with Crippen LogP contribution in [-0.4, -0.2) is 42.6 Å². The normalized spacial score (nSPS) is 15.4. The number of aliphatic hydroxyl groups excluding tert-OH is 1. The average Bonchev–Trinajstić information content (AvgIpc) is 2.67. The van der Waals surface area contributed by atoms with E-state index in [1.54, 1.807) is 18.2 Å². The first-order valence-electron chi connectivity index (χ1n) is 6.57. The molecule has 6 heteroatoms. The molecule has 110 valence electrons. The first-order chi connectivity index (χ1) is 9.72. The standard InChI is InChI=1S/C14H18O6/c15-5-1-6-20-13(14(16)17)10-3-4-11-12(9-10)19-8-2-7-18-11/h3-4,9,13,15H,1-2,5-8H2,(H,16,17). The molecule has 0 saturated heterocycles. The minimum Gasteiger partial charge on any atom is -0.490 e. The average molecular weight is 282 g/mol. The lowest BCUT2D eigenvalue weighted by Crippen LogP contribution is -2.16. The third kappa shape index (κ3) is 3.61. The molecule has 1 aliphatic rings. The van der Waals surface area contributed by atoms with Crippen molar-refractivity contribution >= 4 is 5.97 Å². The van der Waals surface area contributed by atoms with Crippen molar-refractivity contribution in [1.82, 2.24) is 0 Å². The highest BCUT2D eigenvalue weighted by atomic mass is 16.5.